The third kappa shape index (κ3) is 2.94. The molecule has 0 unspecified atom stereocenters. The van der Waals surface area contributed by atoms with Gasteiger partial charge in [-0.25, -0.2) is 9.78 Å². The number of urea groups is 1. The van der Waals surface area contributed by atoms with Crippen molar-refractivity contribution in [2.45, 2.75) is 13.3 Å². The van der Waals surface area contributed by atoms with E-state index < -0.39 is 0 Å². The van der Waals surface area contributed by atoms with Crippen LogP contribution in [0.5, 0.6) is 0 Å². The molecule has 6 heteroatoms. The van der Waals surface area contributed by atoms with Crippen LogP contribution in [0, 0.1) is 18.3 Å². The highest BCUT2D eigenvalue weighted by molar-refractivity contribution is 5.72. The molecule has 0 saturated carbocycles. The smallest absolute Gasteiger partial charge is 0.314 e. The van der Waals surface area contributed by atoms with Gasteiger partial charge in [0.1, 0.15) is 17.6 Å². The highest BCUT2D eigenvalue weighted by atomic mass is 16.2. The van der Waals surface area contributed by atoms with Crippen molar-refractivity contribution in [2.24, 2.45) is 5.73 Å². The number of nitrogens with two attached hydrogens (primary N) is 1. The largest absolute Gasteiger partial charge is 0.355 e. The lowest BCUT2D eigenvalue weighted by atomic mass is 10.2. The van der Waals surface area contributed by atoms with Crippen LogP contribution < -0.4 is 10.6 Å². The molecule has 0 aliphatic carbocycles. The molecular formula is C13H17N5O. The number of carbonyl (C=O) groups excluding carboxylic acids is 1. The van der Waals surface area contributed by atoms with Crippen LogP contribution in [0.2, 0.25) is 0 Å². The van der Waals surface area contributed by atoms with Gasteiger partial charge in [-0.15, -0.1) is 0 Å². The van der Waals surface area contributed by atoms with Crippen molar-refractivity contribution in [1.82, 2.24) is 9.88 Å². The summed E-state index contributed by atoms with van der Waals surface area (Å²) in [5, 5.41) is 9.01. The van der Waals surface area contributed by atoms with E-state index in [1.54, 1.807) is 4.90 Å². The number of amides is 2. The van der Waals surface area contributed by atoms with E-state index in [1.807, 2.05) is 19.1 Å². The van der Waals surface area contributed by atoms with Crippen molar-refractivity contribution in [1.29, 1.82) is 5.26 Å². The molecule has 0 aromatic carbocycles. The quantitative estimate of drug-likeness (QED) is 0.810. The number of nitrogens with zero attached hydrogens (tertiary/aromatic N) is 4. The van der Waals surface area contributed by atoms with Gasteiger partial charge < -0.3 is 15.5 Å². The molecule has 2 rings (SSSR count). The summed E-state index contributed by atoms with van der Waals surface area (Å²) < 4.78 is 0. The zero-order valence-electron chi connectivity index (χ0n) is 11.0. The van der Waals surface area contributed by atoms with Crippen molar-refractivity contribution < 1.29 is 4.79 Å². The van der Waals surface area contributed by atoms with E-state index in [4.69, 9.17) is 11.0 Å². The SMILES string of the molecule is Cc1ccc(N2CCCN(C(N)=O)CC2)nc1C#N. The highest BCUT2D eigenvalue weighted by Gasteiger charge is 2.18. The van der Waals surface area contributed by atoms with Crippen molar-refractivity contribution >= 4 is 11.8 Å². The summed E-state index contributed by atoms with van der Waals surface area (Å²) >= 11 is 0. The van der Waals surface area contributed by atoms with Crippen LogP contribution in [-0.4, -0.2) is 42.1 Å². The van der Waals surface area contributed by atoms with Crippen molar-refractivity contribution in [2.75, 3.05) is 31.1 Å². The van der Waals surface area contributed by atoms with Crippen LogP contribution >= 0.6 is 0 Å². The Morgan fingerprint density at radius 1 is 1.37 bits per heavy atom. The number of carbonyl (C=O) groups is 1. The number of pyridine rings is 1. The predicted molar refractivity (Wildman–Crippen MR) is 71.7 cm³/mol. The van der Waals surface area contributed by atoms with E-state index in [1.165, 1.54) is 0 Å². The molecule has 0 atom stereocenters. The van der Waals surface area contributed by atoms with Crippen LogP contribution in [0.25, 0.3) is 0 Å². The van der Waals surface area contributed by atoms with E-state index in [9.17, 15) is 4.79 Å². The number of aromatic nitrogens is 1. The first-order valence-electron chi connectivity index (χ1n) is 6.29. The maximum atomic E-state index is 11.2. The first-order valence-corrected chi connectivity index (χ1v) is 6.29. The Balaban J connectivity index is 2.14. The van der Waals surface area contributed by atoms with E-state index in [-0.39, 0.29) is 6.03 Å². The first kappa shape index (κ1) is 13.1. The molecule has 2 amide bonds. The summed E-state index contributed by atoms with van der Waals surface area (Å²) in [6, 6.07) is 5.53. The minimum absolute atomic E-state index is 0.378. The fraction of sp³-hybridized carbons (Fsp3) is 0.462. The zero-order valence-corrected chi connectivity index (χ0v) is 11.0. The third-order valence-electron chi connectivity index (χ3n) is 3.32. The van der Waals surface area contributed by atoms with Crippen LogP contribution in [0.3, 0.4) is 0 Å². The maximum Gasteiger partial charge on any atom is 0.314 e. The topological polar surface area (TPSA) is 86.2 Å². The summed E-state index contributed by atoms with van der Waals surface area (Å²) in [5.41, 5.74) is 6.62. The van der Waals surface area contributed by atoms with Gasteiger partial charge in [0.05, 0.1) is 0 Å². The van der Waals surface area contributed by atoms with Gasteiger partial charge in [-0.05, 0) is 25.0 Å². The van der Waals surface area contributed by atoms with Crippen LogP contribution in [0.1, 0.15) is 17.7 Å². The molecule has 1 aromatic heterocycles. The summed E-state index contributed by atoms with van der Waals surface area (Å²) in [7, 11) is 0. The Labute approximate surface area is 112 Å². The number of rotatable bonds is 1. The van der Waals surface area contributed by atoms with E-state index in [0.717, 1.165) is 24.3 Å². The Kier molecular flexibility index (Phi) is 3.85. The number of primary amides is 1. The summed E-state index contributed by atoms with van der Waals surface area (Å²) in [6.07, 6.45) is 0.848. The molecular weight excluding hydrogens is 242 g/mol. The fourth-order valence-electron chi connectivity index (χ4n) is 2.17. The molecule has 6 nitrogen and oxygen atoms in total. The van der Waals surface area contributed by atoms with E-state index in [0.29, 0.717) is 25.3 Å². The number of nitriles is 1. The minimum Gasteiger partial charge on any atom is -0.355 e. The predicted octanol–water partition coefficient (Wildman–Crippen LogP) is 0.853. The Bertz CT molecular complexity index is 522. The maximum absolute atomic E-state index is 11.2. The highest BCUT2D eigenvalue weighted by Crippen LogP contribution is 2.16. The van der Waals surface area contributed by atoms with Gasteiger partial charge in [0.15, 0.2) is 0 Å². The average molecular weight is 259 g/mol. The Morgan fingerprint density at radius 3 is 2.84 bits per heavy atom. The van der Waals surface area contributed by atoms with Crippen LogP contribution in [0.4, 0.5) is 10.6 Å². The molecule has 1 saturated heterocycles. The van der Waals surface area contributed by atoms with Crippen LogP contribution in [0.15, 0.2) is 12.1 Å². The van der Waals surface area contributed by atoms with Gasteiger partial charge in [0.2, 0.25) is 0 Å². The lowest BCUT2D eigenvalue weighted by Gasteiger charge is -2.22. The van der Waals surface area contributed by atoms with Crippen LogP contribution in [-0.2, 0) is 0 Å². The van der Waals surface area contributed by atoms with Crippen molar-refractivity contribution in [3.8, 4) is 6.07 Å². The Morgan fingerprint density at radius 2 is 2.16 bits per heavy atom. The minimum atomic E-state index is -0.378. The van der Waals surface area contributed by atoms with Gasteiger partial charge in [-0.1, -0.05) is 6.07 Å². The molecule has 2 N–H and O–H groups in total. The molecule has 100 valence electrons. The number of aryl methyl sites for hydroxylation is 1. The Hall–Kier alpha value is -2.29. The number of hydrogen-bond acceptors (Lipinski definition) is 4. The fourth-order valence-corrected chi connectivity index (χ4v) is 2.17. The molecule has 1 aliphatic rings. The van der Waals surface area contributed by atoms with E-state index in [2.05, 4.69) is 16.0 Å². The molecule has 1 fully saturated rings. The summed E-state index contributed by atoms with van der Waals surface area (Å²) in [6.45, 7) is 4.62. The second-order valence-electron chi connectivity index (χ2n) is 4.61. The van der Waals surface area contributed by atoms with Gasteiger partial charge in [-0.3, -0.25) is 0 Å². The average Bonchev–Trinajstić information content (AvgIpc) is 2.65. The van der Waals surface area contributed by atoms with Crippen molar-refractivity contribution in [3.63, 3.8) is 0 Å². The van der Waals surface area contributed by atoms with Crippen molar-refractivity contribution in [3.05, 3.63) is 23.4 Å². The summed E-state index contributed by atoms with van der Waals surface area (Å²) in [5.74, 6) is 0.786. The molecule has 0 bridgehead atoms. The molecule has 0 spiro atoms. The monoisotopic (exact) mass is 259 g/mol. The lowest BCUT2D eigenvalue weighted by molar-refractivity contribution is 0.211. The second kappa shape index (κ2) is 5.57. The molecule has 19 heavy (non-hydrogen) atoms. The zero-order chi connectivity index (χ0) is 13.8. The molecule has 0 radical (unpaired) electrons. The van der Waals surface area contributed by atoms with Gasteiger partial charge in [-0.2, -0.15) is 5.26 Å². The van der Waals surface area contributed by atoms with E-state index >= 15 is 0 Å². The standard InChI is InChI=1S/C13H17N5O/c1-10-3-4-12(16-11(10)9-14)17-5-2-6-18(8-7-17)13(15)19/h3-4H,2,5-8H2,1H3,(H2,15,19). The number of hydrogen-bond donors (Lipinski definition) is 1. The third-order valence-corrected chi connectivity index (χ3v) is 3.32. The normalized spacial score (nSPS) is 15.8. The van der Waals surface area contributed by atoms with Gasteiger partial charge >= 0.3 is 6.03 Å². The molecule has 1 aliphatic heterocycles. The number of anilines is 1. The lowest BCUT2D eigenvalue weighted by Crippen LogP contribution is -2.38. The van der Waals surface area contributed by atoms with Gasteiger partial charge in [0, 0.05) is 26.2 Å². The second-order valence-corrected chi connectivity index (χ2v) is 4.61. The first-order chi connectivity index (χ1) is 9.11. The molecule has 2 heterocycles. The summed E-state index contributed by atoms with van der Waals surface area (Å²) in [4.78, 5) is 19.2. The van der Waals surface area contributed by atoms with Gasteiger partial charge in [0.25, 0.3) is 0 Å². The molecule has 1 aromatic rings.